The molecule has 1 aromatic heterocycles. The van der Waals surface area contributed by atoms with Crippen LogP contribution in [0.2, 0.25) is 0 Å². The van der Waals surface area contributed by atoms with Gasteiger partial charge in [0.15, 0.2) is 0 Å². The van der Waals surface area contributed by atoms with Gasteiger partial charge in [0.2, 0.25) is 0 Å². The number of benzene rings is 1. The highest BCUT2D eigenvalue weighted by Gasteiger charge is 2.06. The van der Waals surface area contributed by atoms with Crippen LogP contribution in [0.25, 0.3) is 5.69 Å². The van der Waals surface area contributed by atoms with Gasteiger partial charge in [-0.15, -0.1) is 0 Å². The number of H-pyrrole nitrogens is 1. The lowest BCUT2D eigenvalue weighted by Crippen LogP contribution is -1.98. The smallest absolute Gasteiger partial charge is 0.269 e. The first kappa shape index (κ1) is 12.5. The van der Waals surface area contributed by atoms with Crippen molar-refractivity contribution in [3.8, 4) is 5.69 Å². The normalized spacial score (nSPS) is 10.5. The summed E-state index contributed by atoms with van der Waals surface area (Å²) in [6.45, 7) is 2.10. The Morgan fingerprint density at radius 1 is 1.39 bits per heavy atom. The number of nitrogens with zero attached hydrogens (tertiary/aromatic N) is 2. The van der Waals surface area contributed by atoms with Crippen LogP contribution in [0.15, 0.2) is 30.3 Å². The van der Waals surface area contributed by atoms with Crippen LogP contribution in [0.4, 0.5) is 5.69 Å². The highest BCUT2D eigenvalue weighted by Crippen LogP contribution is 2.16. The van der Waals surface area contributed by atoms with Crippen molar-refractivity contribution in [2.24, 2.45) is 0 Å². The molecule has 0 aliphatic rings. The third-order valence-electron chi connectivity index (χ3n) is 2.61. The molecule has 18 heavy (non-hydrogen) atoms. The third kappa shape index (κ3) is 2.48. The number of hydrogen-bond donors (Lipinski definition) is 1. The predicted octanol–water partition coefficient (Wildman–Crippen LogP) is 3.40. The number of aromatic nitrogens is 2. The van der Waals surface area contributed by atoms with Crippen molar-refractivity contribution in [3.05, 3.63) is 50.8 Å². The van der Waals surface area contributed by atoms with Crippen LogP contribution in [0, 0.1) is 14.8 Å². The molecule has 0 aliphatic heterocycles. The topological polar surface area (TPSA) is 63.9 Å². The molecule has 0 bridgehead atoms. The first-order chi connectivity index (χ1) is 8.61. The van der Waals surface area contributed by atoms with E-state index in [0.29, 0.717) is 4.64 Å². The second-order valence-corrected chi connectivity index (χ2v) is 4.40. The second kappa shape index (κ2) is 5.14. The Labute approximate surface area is 109 Å². The van der Waals surface area contributed by atoms with E-state index in [9.17, 15) is 10.1 Å². The van der Waals surface area contributed by atoms with E-state index in [-0.39, 0.29) is 5.69 Å². The lowest BCUT2D eigenvalue weighted by molar-refractivity contribution is -0.384. The minimum absolute atomic E-state index is 0.0746. The zero-order valence-corrected chi connectivity index (χ0v) is 10.7. The maximum Gasteiger partial charge on any atom is 0.269 e. The standard InChI is InChI=1S/C12H13N3O2S/c1-2-3-9-8-12(18)14(13-9)10-4-6-11(7-5-10)15(16)17/h4-8,13H,2-3H2,1H3. The number of non-ortho nitro benzene ring substituents is 1. The van der Waals surface area contributed by atoms with Crippen LogP contribution in [0.3, 0.4) is 0 Å². The van der Waals surface area contributed by atoms with Crippen molar-refractivity contribution in [3.63, 3.8) is 0 Å². The molecule has 0 fully saturated rings. The summed E-state index contributed by atoms with van der Waals surface area (Å²) in [5, 5.41) is 13.8. The van der Waals surface area contributed by atoms with E-state index in [0.717, 1.165) is 24.2 Å². The van der Waals surface area contributed by atoms with Gasteiger partial charge in [-0.1, -0.05) is 25.6 Å². The molecule has 0 saturated carbocycles. The van der Waals surface area contributed by atoms with E-state index in [1.165, 1.54) is 12.1 Å². The fourth-order valence-electron chi connectivity index (χ4n) is 1.76. The van der Waals surface area contributed by atoms with E-state index >= 15 is 0 Å². The Hall–Kier alpha value is -1.95. The molecule has 1 heterocycles. The first-order valence-electron chi connectivity index (χ1n) is 5.67. The van der Waals surface area contributed by atoms with Gasteiger partial charge in [0.05, 0.1) is 10.6 Å². The molecule has 2 aromatic rings. The van der Waals surface area contributed by atoms with Gasteiger partial charge in [0.1, 0.15) is 4.64 Å². The number of nitro benzene ring substituents is 1. The number of aryl methyl sites for hydroxylation is 1. The summed E-state index contributed by atoms with van der Waals surface area (Å²) in [6, 6.07) is 8.22. The van der Waals surface area contributed by atoms with Crippen LogP contribution in [-0.2, 0) is 6.42 Å². The summed E-state index contributed by atoms with van der Waals surface area (Å²) in [7, 11) is 0. The molecule has 0 aliphatic carbocycles. The second-order valence-electron chi connectivity index (χ2n) is 3.98. The predicted molar refractivity (Wildman–Crippen MR) is 71.6 cm³/mol. The van der Waals surface area contributed by atoms with Crippen molar-refractivity contribution in [1.29, 1.82) is 0 Å². The van der Waals surface area contributed by atoms with E-state index in [2.05, 4.69) is 12.0 Å². The lowest BCUT2D eigenvalue weighted by Gasteiger charge is -2.02. The zero-order valence-electron chi connectivity index (χ0n) is 9.92. The molecule has 1 N–H and O–H groups in total. The maximum absolute atomic E-state index is 10.6. The van der Waals surface area contributed by atoms with E-state index in [4.69, 9.17) is 12.2 Å². The Kier molecular flexibility index (Phi) is 3.57. The molecule has 0 amide bonds. The molecule has 0 spiro atoms. The minimum atomic E-state index is -0.416. The Bertz CT molecular complexity index is 613. The van der Waals surface area contributed by atoms with E-state index in [1.54, 1.807) is 16.8 Å². The van der Waals surface area contributed by atoms with Crippen molar-refractivity contribution >= 4 is 17.9 Å². The van der Waals surface area contributed by atoms with Crippen molar-refractivity contribution in [1.82, 2.24) is 9.78 Å². The number of nitro groups is 1. The number of aromatic amines is 1. The van der Waals surface area contributed by atoms with Gasteiger partial charge in [-0.05, 0) is 24.6 Å². The summed E-state index contributed by atoms with van der Waals surface area (Å²) in [4.78, 5) is 10.2. The SMILES string of the molecule is CCCc1cc(=S)n(-c2ccc([N+](=O)[O-])cc2)[nH]1. The van der Waals surface area contributed by atoms with Crippen LogP contribution in [-0.4, -0.2) is 14.7 Å². The van der Waals surface area contributed by atoms with E-state index < -0.39 is 4.92 Å². The van der Waals surface area contributed by atoms with Gasteiger partial charge in [-0.25, -0.2) is 4.68 Å². The largest absolute Gasteiger partial charge is 0.297 e. The molecule has 2 rings (SSSR count). The molecular formula is C12H13N3O2S. The molecule has 1 aromatic carbocycles. The first-order valence-corrected chi connectivity index (χ1v) is 6.08. The summed E-state index contributed by atoms with van der Waals surface area (Å²) in [5.41, 5.74) is 1.94. The maximum atomic E-state index is 10.6. The lowest BCUT2D eigenvalue weighted by atomic mass is 10.3. The fourth-order valence-corrected chi connectivity index (χ4v) is 2.05. The summed E-state index contributed by atoms with van der Waals surface area (Å²) in [6.07, 6.45) is 1.97. The number of rotatable bonds is 4. The number of hydrogen-bond acceptors (Lipinski definition) is 3. The van der Waals surface area contributed by atoms with Gasteiger partial charge in [-0.3, -0.25) is 15.2 Å². The van der Waals surface area contributed by atoms with Gasteiger partial charge in [0.25, 0.3) is 5.69 Å². The van der Waals surface area contributed by atoms with Gasteiger partial charge >= 0.3 is 0 Å². The van der Waals surface area contributed by atoms with Crippen molar-refractivity contribution < 1.29 is 4.92 Å². The Morgan fingerprint density at radius 2 is 2.06 bits per heavy atom. The average molecular weight is 263 g/mol. The molecule has 0 radical (unpaired) electrons. The van der Waals surface area contributed by atoms with Gasteiger partial charge < -0.3 is 0 Å². The fraction of sp³-hybridized carbons (Fsp3) is 0.250. The molecule has 0 saturated heterocycles. The minimum Gasteiger partial charge on any atom is -0.297 e. The molecule has 94 valence electrons. The van der Waals surface area contributed by atoms with E-state index in [1.807, 2.05) is 6.07 Å². The molecule has 5 nitrogen and oxygen atoms in total. The van der Waals surface area contributed by atoms with Crippen LogP contribution >= 0.6 is 12.2 Å². The molecular weight excluding hydrogens is 250 g/mol. The molecule has 6 heteroatoms. The average Bonchev–Trinajstić information content (AvgIpc) is 2.71. The zero-order chi connectivity index (χ0) is 13.1. The highest BCUT2D eigenvalue weighted by molar-refractivity contribution is 7.71. The highest BCUT2D eigenvalue weighted by atomic mass is 32.1. The Balaban J connectivity index is 2.36. The van der Waals surface area contributed by atoms with Gasteiger partial charge in [-0.2, -0.15) is 0 Å². The third-order valence-corrected chi connectivity index (χ3v) is 2.91. The van der Waals surface area contributed by atoms with Gasteiger partial charge in [0, 0.05) is 17.8 Å². The Morgan fingerprint density at radius 3 is 2.61 bits per heavy atom. The van der Waals surface area contributed by atoms with Crippen LogP contribution in [0.1, 0.15) is 19.0 Å². The van der Waals surface area contributed by atoms with Crippen LogP contribution in [0.5, 0.6) is 0 Å². The molecule has 0 atom stereocenters. The monoisotopic (exact) mass is 263 g/mol. The van der Waals surface area contributed by atoms with Crippen LogP contribution < -0.4 is 0 Å². The molecule has 0 unspecified atom stereocenters. The summed E-state index contributed by atoms with van der Waals surface area (Å²) >= 11 is 5.25. The van der Waals surface area contributed by atoms with Crippen molar-refractivity contribution in [2.45, 2.75) is 19.8 Å². The summed E-state index contributed by atoms with van der Waals surface area (Å²) < 4.78 is 2.43. The number of nitrogens with one attached hydrogen (secondary N) is 1. The van der Waals surface area contributed by atoms with Crippen molar-refractivity contribution in [2.75, 3.05) is 0 Å². The quantitative estimate of drug-likeness (QED) is 0.522. The summed E-state index contributed by atoms with van der Waals surface area (Å²) in [5.74, 6) is 0.